The lowest BCUT2D eigenvalue weighted by atomic mass is 10.2. The van der Waals surface area contributed by atoms with Crippen LogP contribution < -0.4 is 10.5 Å². The van der Waals surface area contributed by atoms with Gasteiger partial charge in [0.15, 0.2) is 0 Å². The van der Waals surface area contributed by atoms with Crippen molar-refractivity contribution in [3.8, 4) is 5.69 Å². The third kappa shape index (κ3) is 4.69. The van der Waals surface area contributed by atoms with E-state index in [-0.39, 0.29) is 16.5 Å². The zero-order valence-corrected chi connectivity index (χ0v) is 20.1. The van der Waals surface area contributed by atoms with Crippen LogP contribution in [0.25, 0.3) is 15.9 Å². The zero-order chi connectivity index (χ0) is 23.5. The number of halogens is 1. The van der Waals surface area contributed by atoms with Crippen molar-refractivity contribution < 1.29 is 4.79 Å². The Balaban J connectivity index is 1.15. The molecule has 2 aromatic heterocycles. The molecule has 9 heteroatoms. The molecule has 7 nitrogen and oxygen atoms in total. The lowest BCUT2D eigenvalue weighted by Gasteiger charge is -2.36. The number of benzene rings is 2. The van der Waals surface area contributed by atoms with Gasteiger partial charge >= 0.3 is 0 Å². The van der Waals surface area contributed by atoms with E-state index < -0.39 is 0 Å². The molecular weight excluding hydrogens is 470 g/mol. The highest BCUT2D eigenvalue weighted by Gasteiger charge is 2.24. The molecule has 0 bridgehead atoms. The van der Waals surface area contributed by atoms with Gasteiger partial charge in [-0.2, -0.15) is 9.78 Å². The van der Waals surface area contributed by atoms with Gasteiger partial charge < -0.3 is 9.80 Å². The Morgan fingerprint density at radius 2 is 1.74 bits per heavy atom. The van der Waals surface area contributed by atoms with Crippen molar-refractivity contribution in [2.24, 2.45) is 0 Å². The summed E-state index contributed by atoms with van der Waals surface area (Å²) in [5.74, 6) is 0.157. The SMILES string of the molecule is O=C(CCCc1nc2ccccc2s1)N1CCN(c2cnn(-c3ccccc3)c(=O)c2Cl)CC1. The van der Waals surface area contributed by atoms with Gasteiger partial charge in [0.05, 0.1) is 32.8 Å². The summed E-state index contributed by atoms with van der Waals surface area (Å²) in [5, 5.41) is 5.54. The van der Waals surface area contributed by atoms with Crippen LogP contribution in [0.4, 0.5) is 5.69 Å². The largest absolute Gasteiger partial charge is 0.365 e. The number of rotatable bonds is 6. The van der Waals surface area contributed by atoms with Crippen LogP contribution in [0.5, 0.6) is 0 Å². The van der Waals surface area contributed by atoms with Crippen LogP contribution >= 0.6 is 22.9 Å². The predicted molar refractivity (Wildman–Crippen MR) is 136 cm³/mol. The lowest BCUT2D eigenvalue weighted by Crippen LogP contribution is -2.49. The Bertz CT molecular complexity index is 1330. The standard InChI is InChI=1S/C25H24ClN5O2S/c26-24-20(17-27-31(25(24)33)18-7-2-1-3-8-18)29-13-15-30(16-14-29)23(32)12-6-11-22-28-19-9-4-5-10-21(19)34-22/h1-5,7-10,17H,6,11-16H2. The van der Waals surface area contributed by atoms with Crippen molar-refractivity contribution in [2.75, 3.05) is 31.1 Å². The van der Waals surface area contributed by atoms with Crippen LogP contribution in [0, 0.1) is 0 Å². The summed E-state index contributed by atoms with van der Waals surface area (Å²) in [6, 6.07) is 17.3. The number of hydrogen-bond donors (Lipinski definition) is 0. The fourth-order valence-corrected chi connectivity index (χ4v) is 5.43. The second-order valence-corrected chi connectivity index (χ2v) is 9.69. The maximum absolute atomic E-state index is 12.8. The van der Waals surface area contributed by atoms with Crippen LogP contribution in [0.1, 0.15) is 17.8 Å². The third-order valence-electron chi connectivity index (χ3n) is 5.99. The third-order valence-corrected chi connectivity index (χ3v) is 7.45. The molecule has 0 aliphatic carbocycles. The molecule has 3 heterocycles. The van der Waals surface area contributed by atoms with Gasteiger partial charge in [-0.25, -0.2) is 4.98 Å². The molecule has 0 atom stereocenters. The number of carbonyl (C=O) groups excluding carboxylic acids is 1. The second kappa shape index (κ2) is 9.95. The first-order valence-corrected chi connectivity index (χ1v) is 12.5. The van der Waals surface area contributed by atoms with Crippen molar-refractivity contribution in [1.29, 1.82) is 0 Å². The van der Waals surface area contributed by atoms with E-state index in [2.05, 4.69) is 16.1 Å². The Kier molecular flexibility index (Phi) is 6.60. The fraction of sp³-hybridized carbons (Fsp3) is 0.280. The van der Waals surface area contributed by atoms with Gasteiger partial charge in [-0.3, -0.25) is 9.59 Å². The van der Waals surface area contributed by atoms with Crippen LogP contribution in [0.2, 0.25) is 5.02 Å². The number of nitrogens with zero attached hydrogens (tertiary/aromatic N) is 5. The van der Waals surface area contributed by atoms with Crippen molar-refractivity contribution >= 4 is 44.7 Å². The monoisotopic (exact) mass is 493 g/mol. The number of carbonyl (C=O) groups is 1. The summed E-state index contributed by atoms with van der Waals surface area (Å²) in [6.07, 6.45) is 3.73. The highest BCUT2D eigenvalue weighted by atomic mass is 35.5. The summed E-state index contributed by atoms with van der Waals surface area (Å²) in [7, 11) is 0. The van der Waals surface area contributed by atoms with E-state index >= 15 is 0 Å². The molecule has 1 saturated heterocycles. The first-order chi connectivity index (χ1) is 16.6. The molecule has 1 amide bonds. The van der Waals surface area contributed by atoms with Gasteiger partial charge in [0.2, 0.25) is 5.91 Å². The van der Waals surface area contributed by atoms with E-state index in [1.807, 2.05) is 58.3 Å². The van der Waals surface area contributed by atoms with Crippen molar-refractivity contribution in [2.45, 2.75) is 19.3 Å². The van der Waals surface area contributed by atoms with Crippen LogP contribution in [-0.4, -0.2) is 51.8 Å². The summed E-state index contributed by atoms with van der Waals surface area (Å²) < 4.78 is 2.49. The minimum Gasteiger partial charge on any atom is -0.365 e. The number of anilines is 1. The first-order valence-electron chi connectivity index (χ1n) is 11.3. The number of piperazine rings is 1. The molecule has 0 saturated carbocycles. The molecular formula is C25H24ClN5O2S. The van der Waals surface area contributed by atoms with Gasteiger partial charge in [-0.15, -0.1) is 11.3 Å². The molecule has 1 aliphatic heterocycles. The van der Waals surface area contributed by atoms with E-state index in [0.717, 1.165) is 23.4 Å². The molecule has 174 valence electrons. The highest BCUT2D eigenvalue weighted by Crippen LogP contribution is 2.24. The molecule has 2 aromatic carbocycles. The molecule has 0 spiro atoms. The van der Waals surface area contributed by atoms with Gasteiger partial charge in [-0.05, 0) is 37.1 Å². The quantitative estimate of drug-likeness (QED) is 0.403. The zero-order valence-electron chi connectivity index (χ0n) is 18.6. The molecule has 1 aliphatic rings. The van der Waals surface area contributed by atoms with Crippen LogP contribution in [0.15, 0.2) is 65.6 Å². The van der Waals surface area contributed by atoms with Gasteiger partial charge in [0.25, 0.3) is 5.56 Å². The normalized spacial score (nSPS) is 14.0. The van der Waals surface area contributed by atoms with Crippen molar-refractivity contribution in [1.82, 2.24) is 19.7 Å². The predicted octanol–water partition coefficient (Wildman–Crippen LogP) is 4.17. The van der Waals surface area contributed by atoms with E-state index in [1.54, 1.807) is 17.5 Å². The lowest BCUT2D eigenvalue weighted by molar-refractivity contribution is -0.131. The molecule has 4 aromatic rings. The first kappa shape index (κ1) is 22.6. The average Bonchev–Trinajstić information content (AvgIpc) is 3.29. The molecule has 0 radical (unpaired) electrons. The number of amides is 1. The number of aryl methyl sites for hydroxylation is 1. The average molecular weight is 494 g/mol. The number of para-hydroxylation sites is 2. The minimum absolute atomic E-state index is 0.148. The number of aromatic nitrogens is 3. The van der Waals surface area contributed by atoms with Gasteiger partial charge in [0, 0.05) is 32.6 Å². The van der Waals surface area contributed by atoms with E-state index in [4.69, 9.17) is 11.6 Å². The molecule has 0 unspecified atom stereocenters. The summed E-state index contributed by atoms with van der Waals surface area (Å²) in [6.45, 7) is 2.41. The molecule has 5 rings (SSSR count). The Morgan fingerprint density at radius 3 is 2.50 bits per heavy atom. The van der Waals surface area contributed by atoms with Crippen molar-refractivity contribution in [3.63, 3.8) is 0 Å². The maximum atomic E-state index is 12.8. The smallest absolute Gasteiger partial charge is 0.292 e. The Hall–Kier alpha value is -3.23. The Labute approximate surface area is 206 Å². The fourth-order valence-electron chi connectivity index (χ4n) is 4.17. The second-order valence-electron chi connectivity index (χ2n) is 8.19. The van der Waals surface area contributed by atoms with E-state index in [1.165, 1.54) is 9.38 Å². The number of thiazole rings is 1. The van der Waals surface area contributed by atoms with Crippen LogP contribution in [0.3, 0.4) is 0 Å². The highest BCUT2D eigenvalue weighted by molar-refractivity contribution is 7.18. The molecule has 0 N–H and O–H groups in total. The topological polar surface area (TPSA) is 71.3 Å². The maximum Gasteiger partial charge on any atom is 0.292 e. The molecule has 1 fully saturated rings. The summed E-state index contributed by atoms with van der Waals surface area (Å²) in [4.78, 5) is 34.1. The number of fused-ring (bicyclic) bond motifs is 1. The van der Waals surface area contributed by atoms with Crippen molar-refractivity contribution in [3.05, 3.63) is 81.2 Å². The summed E-state index contributed by atoms with van der Waals surface area (Å²) in [5.41, 5.74) is 1.96. The van der Waals surface area contributed by atoms with Gasteiger partial charge in [-0.1, -0.05) is 41.9 Å². The summed E-state index contributed by atoms with van der Waals surface area (Å²) >= 11 is 8.13. The number of hydrogen-bond acceptors (Lipinski definition) is 6. The van der Waals surface area contributed by atoms with E-state index in [9.17, 15) is 9.59 Å². The molecule has 34 heavy (non-hydrogen) atoms. The van der Waals surface area contributed by atoms with Gasteiger partial charge in [0.1, 0.15) is 5.02 Å². The Morgan fingerprint density at radius 1 is 1.00 bits per heavy atom. The van der Waals surface area contributed by atoms with Crippen LogP contribution in [-0.2, 0) is 11.2 Å². The van der Waals surface area contributed by atoms with E-state index in [0.29, 0.717) is 44.0 Å². The minimum atomic E-state index is -0.348.